The van der Waals surface area contributed by atoms with Crippen LogP contribution in [0, 0.1) is 0 Å². The van der Waals surface area contributed by atoms with Crippen LogP contribution in [0.2, 0.25) is 0 Å². The molecule has 2 aliphatic rings. The van der Waals surface area contributed by atoms with E-state index in [9.17, 15) is 4.79 Å². The average Bonchev–Trinajstić information content (AvgIpc) is 2.74. The summed E-state index contributed by atoms with van der Waals surface area (Å²) in [5.74, 6) is -0.120. The predicted molar refractivity (Wildman–Crippen MR) is 74.2 cm³/mol. The minimum atomic E-state index is -0.525. The Bertz CT molecular complexity index is 495. The van der Waals surface area contributed by atoms with Crippen molar-refractivity contribution in [1.29, 1.82) is 0 Å². The first-order chi connectivity index (χ1) is 9.19. The second-order valence-electron chi connectivity index (χ2n) is 5.16. The lowest BCUT2D eigenvalue weighted by atomic mass is 10.0. The second-order valence-corrected chi connectivity index (χ2v) is 5.16. The third-order valence-electron chi connectivity index (χ3n) is 4.05. The summed E-state index contributed by atoms with van der Waals surface area (Å²) in [5.41, 5.74) is 8.69. The molecular formula is C14H19N3O2. The Labute approximate surface area is 112 Å². The molecule has 0 radical (unpaired) electrons. The average molecular weight is 261 g/mol. The van der Waals surface area contributed by atoms with Gasteiger partial charge in [-0.25, -0.2) is 0 Å². The molecule has 1 unspecified atom stereocenters. The van der Waals surface area contributed by atoms with E-state index in [1.807, 2.05) is 18.2 Å². The van der Waals surface area contributed by atoms with E-state index in [1.54, 1.807) is 7.11 Å². The smallest absolute Gasteiger partial charge is 0.245 e. The normalized spacial score (nSPS) is 23.4. The number of methoxy groups -OCH3 is 1. The molecule has 1 saturated heterocycles. The Balaban J connectivity index is 1.77. The number of hydrogen-bond acceptors (Lipinski definition) is 4. The number of benzene rings is 1. The minimum Gasteiger partial charge on any atom is -0.381 e. The van der Waals surface area contributed by atoms with Crippen LogP contribution in [-0.2, 0) is 9.53 Å². The molecule has 2 aliphatic heterocycles. The van der Waals surface area contributed by atoms with Gasteiger partial charge in [0, 0.05) is 37.1 Å². The van der Waals surface area contributed by atoms with E-state index < -0.39 is 6.04 Å². The Morgan fingerprint density at radius 2 is 2.11 bits per heavy atom. The molecule has 0 aliphatic carbocycles. The summed E-state index contributed by atoms with van der Waals surface area (Å²) in [7, 11) is 1.77. The van der Waals surface area contributed by atoms with Crippen LogP contribution in [0.25, 0.3) is 0 Å². The number of hydrogen-bond donors (Lipinski definition) is 2. The first-order valence-electron chi connectivity index (χ1n) is 6.67. The standard InChI is InChI=1S/C14H19N3O2/c1-19-10-4-6-17(7-5-10)9-2-3-11-12(8-9)16-14(18)13(11)15/h2-3,8,10,13H,4-7,15H2,1H3,(H,16,18). The summed E-state index contributed by atoms with van der Waals surface area (Å²) in [6.07, 6.45) is 2.46. The molecule has 1 aromatic rings. The zero-order valence-electron chi connectivity index (χ0n) is 11.1. The quantitative estimate of drug-likeness (QED) is 0.841. The molecular weight excluding hydrogens is 242 g/mol. The van der Waals surface area contributed by atoms with Gasteiger partial charge in [-0.1, -0.05) is 6.07 Å². The van der Waals surface area contributed by atoms with Crippen molar-refractivity contribution < 1.29 is 9.53 Å². The van der Waals surface area contributed by atoms with Gasteiger partial charge in [-0.05, 0) is 25.0 Å². The second kappa shape index (κ2) is 4.83. The zero-order chi connectivity index (χ0) is 13.4. The lowest BCUT2D eigenvalue weighted by Crippen LogP contribution is -2.36. The highest BCUT2D eigenvalue weighted by Gasteiger charge is 2.28. The highest BCUT2D eigenvalue weighted by Crippen LogP contribution is 2.33. The Morgan fingerprint density at radius 3 is 2.79 bits per heavy atom. The van der Waals surface area contributed by atoms with Gasteiger partial charge in [-0.15, -0.1) is 0 Å². The van der Waals surface area contributed by atoms with E-state index in [0.29, 0.717) is 6.10 Å². The number of piperidine rings is 1. The van der Waals surface area contributed by atoms with Gasteiger partial charge in [0.1, 0.15) is 6.04 Å². The number of fused-ring (bicyclic) bond motifs is 1. The van der Waals surface area contributed by atoms with E-state index >= 15 is 0 Å². The lowest BCUT2D eigenvalue weighted by Gasteiger charge is -2.33. The van der Waals surface area contributed by atoms with Gasteiger partial charge in [0.05, 0.1) is 6.10 Å². The fourth-order valence-corrected chi connectivity index (χ4v) is 2.82. The number of nitrogens with two attached hydrogens (primary N) is 1. The Kier molecular flexibility index (Phi) is 3.16. The van der Waals surface area contributed by atoms with Crippen molar-refractivity contribution in [3.63, 3.8) is 0 Å². The molecule has 19 heavy (non-hydrogen) atoms. The molecule has 0 saturated carbocycles. The van der Waals surface area contributed by atoms with Crippen LogP contribution >= 0.6 is 0 Å². The van der Waals surface area contributed by atoms with Crippen molar-refractivity contribution in [2.24, 2.45) is 5.73 Å². The topological polar surface area (TPSA) is 67.6 Å². The van der Waals surface area contributed by atoms with Gasteiger partial charge in [-0.3, -0.25) is 4.79 Å². The maximum Gasteiger partial charge on any atom is 0.245 e. The molecule has 3 rings (SSSR count). The summed E-state index contributed by atoms with van der Waals surface area (Å²) in [6.45, 7) is 1.97. The first-order valence-corrected chi connectivity index (χ1v) is 6.67. The van der Waals surface area contributed by atoms with E-state index in [0.717, 1.165) is 42.9 Å². The number of nitrogens with one attached hydrogen (secondary N) is 1. The third kappa shape index (κ3) is 2.19. The zero-order valence-corrected chi connectivity index (χ0v) is 11.1. The van der Waals surface area contributed by atoms with Crippen LogP contribution in [0.1, 0.15) is 24.4 Å². The Hall–Kier alpha value is -1.59. The highest BCUT2D eigenvalue weighted by molar-refractivity contribution is 6.02. The maximum atomic E-state index is 11.5. The molecule has 5 heteroatoms. The number of anilines is 2. The monoisotopic (exact) mass is 261 g/mol. The van der Waals surface area contributed by atoms with Crippen LogP contribution < -0.4 is 16.0 Å². The summed E-state index contributed by atoms with van der Waals surface area (Å²) in [6, 6.07) is 5.50. The molecule has 3 N–H and O–H groups in total. The number of amides is 1. The van der Waals surface area contributed by atoms with Crippen LogP contribution in [-0.4, -0.2) is 32.2 Å². The SMILES string of the molecule is COC1CCN(c2ccc3c(c2)NC(=O)C3N)CC1. The third-order valence-corrected chi connectivity index (χ3v) is 4.05. The molecule has 0 bridgehead atoms. The van der Waals surface area contributed by atoms with E-state index in [-0.39, 0.29) is 5.91 Å². The van der Waals surface area contributed by atoms with Gasteiger partial charge in [0.25, 0.3) is 0 Å². The van der Waals surface area contributed by atoms with Crippen molar-refractivity contribution in [2.45, 2.75) is 25.0 Å². The van der Waals surface area contributed by atoms with Crippen LogP contribution in [0.15, 0.2) is 18.2 Å². The van der Waals surface area contributed by atoms with Gasteiger partial charge < -0.3 is 20.7 Å². The van der Waals surface area contributed by atoms with Crippen molar-refractivity contribution in [1.82, 2.24) is 0 Å². The summed E-state index contributed by atoms with van der Waals surface area (Å²) in [4.78, 5) is 13.9. The molecule has 2 heterocycles. The van der Waals surface area contributed by atoms with Gasteiger partial charge in [0.15, 0.2) is 0 Å². The summed E-state index contributed by atoms with van der Waals surface area (Å²) < 4.78 is 5.38. The van der Waals surface area contributed by atoms with Gasteiger partial charge >= 0.3 is 0 Å². The number of nitrogens with zero attached hydrogens (tertiary/aromatic N) is 1. The predicted octanol–water partition coefficient (Wildman–Crippen LogP) is 1.25. The number of carbonyl (C=O) groups is 1. The van der Waals surface area contributed by atoms with Crippen molar-refractivity contribution in [3.8, 4) is 0 Å². The van der Waals surface area contributed by atoms with E-state index in [4.69, 9.17) is 10.5 Å². The molecule has 1 fully saturated rings. The molecule has 1 atom stereocenters. The summed E-state index contributed by atoms with van der Waals surface area (Å²) >= 11 is 0. The largest absolute Gasteiger partial charge is 0.381 e. The molecule has 1 aromatic carbocycles. The van der Waals surface area contributed by atoms with E-state index in [1.165, 1.54) is 0 Å². The van der Waals surface area contributed by atoms with Crippen LogP contribution in [0.5, 0.6) is 0 Å². The van der Waals surface area contributed by atoms with E-state index in [2.05, 4.69) is 10.2 Å². The molecule has 1 amide bonds. The minimum absolute atomic E-state index is 0.120. The highest BCUT2D eigenvalue weighted by atomic mass is 16.5. The molecule has 102 valence electrons. The van der Waals surface area contributed by atoms with Crippen LogP contribution in [0.4, 0.5) is 11.4 Å². The fourth-order valence-electron chi connectivity index (χ4n) is 2.82. The van der Waals surface area contributed by atoms with Crippen molar-refractivity contribution >= 4 is 17.3 Å². The molecule has 0 aromatic heterocycles. The molecule has 0 spiro atoms. The Morgan fingerprint density at radius 1 is 1.37 bits per heavy atom. The number of ether oxygens (including phenoxy) is 1. The lowest BCUT2D eigenvalue weighted by molar-refractivity contribution is -0.116. The number of carbonyl (C=O) groups excluding carboxylic acids is 1. The molecule has 5 nitrogen and oxygen atoms in total. The fraction of sp³-hybridized carbons (Fsp3) is 0.500. The van der Waals surface area contributed by atoms with Gasteiger partial charge in [-0.2, -0.15) is 0 Å². The van der Waals surface area contributed by atoms with Crippen molar-refractivity contribution in [3.05, 3.63) is 23.8 Å². The first kappa shape index (κ1) is 12.4. The number of rotatable bonds is 2. The van der Waals surface area contributed by atoms with Crippen LogP contribution in [0.3, 0.4) is 0 Å². The maximum absolute atomic E-state index is 11.5. The van der Waals surface area contributed by atoms with Crippen molar-refractivity contribution in [2.75, 3.05) is 30.4 Å². The summed E-state index contributed by atoms with van der Waals surface area (Å²) in [5, 5.41) is 2.83. The van der Waals surface area contributed by atoms with Gasteiger partial charge in [0.2, 0.25) is 5.91 Å².